The van der Waals surface area contributed by atoms with Gasteiger partial charge in [-0.2, -0.15) is 0 Å². The number of benzene rings is 1. The second kappa shape index (κ2) is 7.41. The van der Waals surface area contributed by atoms with Crippen molar-refractivity contribution in [1.82, 2.24) is 15.3 Å². The minimum atomic E-state index is -0.116. The Bertz CT molecular complexity index is 624. The van der Waals surface area contributed by atoms with E-state index in [1.54, 1.807) is 18.2 Å². The van der Waals surface area contributed by atoms with Crippen molar-refractivity contribution in [3.8, 4) is 0 Å². The smallest absolute Gasteiger partial charge is 0.258 e. The third-order valence-electron chi connectivity index (χ3n) is 3.22. The van der Waals surface area contributed by atoms with Crippen molar-refractivity contribution in [3.63, 3.8) is 0 Å². The van der Waals surface area contributed by atoms with Gasteiger partial charge in [-0.3, -0.25) is 4.79 Å². The molecular formula is C15H20ClN3O. The molecule has 0 fully saturated rings. The number of rotatable bonds is 7. The van der Waals surface area contributed by atoms with Gasteiger partial charge < -0.3 is 10.3 Å². The van der Waals surface area contributed by atoms with E-state index in [2.05, 4.69) is 22.2 Å². The van der Waals surface area contributed by atoms with E-state index in [-0.39, 0.29) is 5.56 Å². The topological polar surface area (TPSA) is 57.8 Å². The van der Waals surface area contributed by atoms with Gasteiger partial charge in [-0.1, -0.05) is 37.8 Å². The van der Waals surface area contributed by atoms with E-state index >= 15 is 0 Å². The predicted molar refractivity (Wildman–Crippen MR) is 83.2 cm³/mol. The maximum absolute atomic E-state index is 11.9. The highest BCUT2D eigenvalue weighted by Crippen LogP contribution is 2.14. The number of aromatic amines is 1. The number of fused-ring (bicyclic) bond motifs is 1. The molecule has 4 nitrogen and oxygen atoms in total. The van der Waals surface area contributed by atoms with Crippen molar-refractivity contribution in [2.45, 2.75) is 39.2 Å². The molecule has 0 aliphatic rings. The van der Waals surface area contributed by atoms with E-state index in [1.165, 1.54) is 19.3 Å². The highest BCUT2D eigenvalue weighted by molar-refractivity contribution is 6.31. The van der Waals surface area contributed by atoms with Gasteiger partial charge >= 0.3 is 0 Å². The van der Waals surface area contributed by atoms with Crippen LogP contribution in [-0.4, -0.2) is 16.5 Å². The number of unbranched alkanes of at least 4 members (excludes halogenated alkanes) is 3. The average Bonchev–Trinajstić information content (AvgIpc) is 2.42. The monoisotopic (exact) mass is 293 g/mol. The van der Waals surface area contributed by atoms with Crippen LogP contribution in [0.3, 0.4) is 0 Å². The number of H-pyrrole nitrogens is 1. The highest BCUT2D eigenvalue weighted by Gasteiger charge is 2.04. The van der Waals surface area contributed by atoms with Gasteiger partial charge in [-0.05, 0) is 31.2 Å². The van der Waals surface area contributed by atoms with Gasteiger partial charge in [0.1, 0.15) is 5.82 Å². The standard InChI is InChI=1S/C15H20ClN3O/c1-2-3-4-5-8-17-10-14-18-13-9-11(16)6-7-12(13)15(20)19-14/h6-7,9,17H,2-5,8,10H2,1H3,(H,18,19,20). The molecule has 0 aliphatic heterocycles. The van der Waals surface area contributed by atoms with Crippen molar-refractivity contribution in [3.05, 3.63) is 39.4 Å². The molecule has 2 aromatic rings. The van der Waals surface area contributed by atoms with Gasteiger partial charge in [0.2, 0.25) is 0 Å². The van der Waals surface area contributed by atoms with Crippen LogP contribution in [-0.2, 0) is 6.54 Å². The van der Waals surface area contributed by atoms with E-state index < -0.39 is 0 Å². The third-order valence-corrected chi connectivity index (χ3v) is 3.45. The van der Waals surface area contributed by atoms with Crippen LogP contribution in [0.1, 0.15) is 38.4 Å². The quantitative estimate of drug-likeness (QED) is 0.771. The molecule has 1 aromatic carbocycles. The lowest BCUT2D eigenvalue weighted by atomic mass is 10.2. The lowest BCUT2D eigenvalue weighted by Gasteiger charge is -2.05. The molecule has 0 amide bonds. The van der Waals surface area contributed by atoms with Crippen molar-refractivity contribution in [2.24, 2.45) is 0 Å². The third kappa shape index (κ3) is 4.05. The molecular weight excluding hydrogens is 274 g/mol. The Labute approximate surface area is 123 Å². The maximum atomic E-state index is 11.9. The molecule has 2 N–H and O–H groups in total. The van der Waals surface area contributed by atoms with Gasteiger partial charge in [0, 0.05) is 5.02 Å². The van der Waals surface area contributed by atoms with Crippen molar-refractivity contribution < 1.29 is 0 Å². The largest absolute Gasteiger partial charge is 0.310 e. The number of hydrogen-bond acceptors (Lipinski definition) is 3. The molecule has 20 heavy (non-hydrogen) atoms. The first-order valence-corrected chi connectivity index (χ1v) is 7.47. The summed E-state index contributed by atoms with van der Waals surface area (Å²) in [5.74, 6) is 0.653. The van der Waals surface area contributed by atoms with Gasteiger partial charge in [-0.15, -0.1) is 0 Å². The minimum Gasteiger partial charge on any atom is -0.310 e. The zero-order valence-corrected chi connectivity index (χ0v) is 12.5. The molecule has 0 saturated heterocycles. The first-order chi connectivity index (χ1) is 9.70. The van der Waals surface area contributed by atoms with Gasteiger partial charge in [0.25, 0.3) is 5.56 Å². The second-order valence-electron chi connectivity index (χ2n) is 4.91. The number of halogens is 1. The van der Waals surface area contributed by atoms with E-state index in [4.69, 9.17) is 11.6 Å². The average molecular weight is 294 g/mol. The molecule has 0 atom stereocenters. The Kier molecular flexibility index (Phi) is 5.56. The normalized spacial score (nSPS) is 11.1. The van der Waals surface area contributed by atoms with Gasteiger partial charge in [0.15, 0.2) is 0 Å². The summed E-state index contributed by atoms with van der Waals surface area (Å²) in [6, 6.07) is 5.12. The molecule has 2 rings (SSSR count). The summed E-state index contributed by atoms with van der Waals surface area (Å²) >= 11 is 5.93. The van der Waals surface area contributed by atoms with Gasteiger partial charge in [-0.25, -0.2) is 4.98 Å². The van der Waals surface area contributed by atoms with E-state index in [0.717, 1.165) is 13.0 Å². The molecule has 108 valence electrons. The van der Waals surface area contributed by atoms with Crippen molar-refractivity contribution >= 4 is 22.5 Å². The molecule has 1 aromatic heterocycles. The molecule has 0 radical (unpaired) electrons. The fourth-order valence-corrected chi connectivity index (χ4v) is 2.29. The Morgan fingerprint density at radius 1 is 1.30 bits per heavy atom. The summed E-state index contributed by atoms with van der Waals surface area (Å²) in [5, 5.41) is 4.46. The van der Waals surface area contributed by atoms with Crippen LogP contribution in [0.25, 0.3) is 10.9 Å². The Hall–Kier alpha value is -1.39. The number of hydrogen-bond donors (Lipinski definition) is 2. The van der Waals surface area contributed by atoms with Crippen LogP contribution < -0.4 is 10.9 Å². The molecule has 0 spiro atoms. The van der Waals surface area contributed by atoms with Crippen molar-refractivity contribution in [2.75, 3.05) is 6.54 Å². The van der Waals surface area contributed by atoms with Crippen LogP contribution in [0.15, 0.2) is 23.0 Å². The minimum absolute atomic E-state index is 0.116. The summed E-state index contributed by atoms with van der Waals surface area (Å²) < 4.78 is 0. The number of nitrogens with one attached hydrogen (secondary N) is 2. The lowest BCUT2D eigenvalue weighted by Crippen LogP contribution is -2.20. The van der Waals surface area contributed by atoms with Crippen LogP contribution in [0.2, 0.25) is 5.02 Å². The molecule has 0 aliphatic carbocycles. The summed E-state index contributed by atoms with van der Waals surface area (Å²) in [6.07, 6.45) is 4.89. The van der Waals surface area contributed by atoms with E-state index in [1.807, 2.05) is 0 Å². The SMILES string of the molecule is CCCCCCNCc1nc2cc(Cl)ccc2c(=O)[nH]1. The fourth-order valence-electron chi connectivity index (χ4n) is 2.13. The lowest BCUT2D eigenvalue weighted by molar-refractivity contribution is 0.588. The number of nitrogens with zero attached hydrogens (tertiary/aromatic N) is 1. The number of aromatic nitrogens is 2. The highest BCUT2D eigenvalue weighted by atomic mass is 35.5. The Morgan fingerprint density at radius 2 is 2.15 bits per heavy atom. The van der Waals surface area contributed by atoms with E-state index in [0.29, 0.717) is 28.3 Å². The molecule has 0 saturated carbocycles. The van der Waals surface area contributed by atoms with Crippen LogP contribution in [0.4, 0.5) is 0 Å². The summed E-state index contributed by atoms with van der Waals surface area (Å²) in [6.45, 7) is 3.71. The summed E-state index contributed by atoms with van der Waals surface area (Å²) in [5.41, 5.74) is 0.526. The van der Waals surface area contributed by atoms with Gasteiger partial charge in [0.05, 0.1) is 17.4 Å². The summed E-state index contributed by atoms with van der Waals surface area (Å²) in [7, 11) is 0. The van der Waals surface area contributed by atoms with Crippen LogP contribution in [0, 0.1) is 0 Å². The predicted octanol–water partition coefficient (Wildman–Crippen LogP) is 3.25. The van der Waals surface area contributed by atoms with Crippen molar-refractivity contribution in [1.29, 1.82) is 0 Å². The van der Waals surface area contributed by atoms with Crippen LogP contribution >= 0.6 is 11.6 Å². The molecule has 0 bridgehead atoms. The molecule has 1 heterocycles. The second-order valence-corrected chi connectivity index (χ2v) is 5.35. The molecule has 0 unspecified atom stereocenters. The first-order valence-electron chi connectivity index (χ1n) is 7.10. The Balaban J connectivity index is 1.98. The fraction of sp³-hybridized carbons (Fsp3) is 0.467. The zero-order chi connectivity index (χ0) is 14.4. The zero-order valence-electron chi connectivity index (χ0n) is 11.7. The molecule has 5 heteroatoms. The van der Waals surface area contributed by atoms with Crippen LogP contribution in [0.5, 0.6) is 0 Å². The summed E-state index contributed by atoms with van der Waals surface area (Å²) in [4.78, 5) is 19.1. The first kappa shape index (κ1) is 15.0. The maximum Gasteiger partial charge on any atom is 0.258 e. The Morgan fingerprint density at radius 3 is 2.95 bits per heavy atom. The van der Waals surface area contributed by atoms with E-state index in [9.17, 15) is 4.79 Å².